The predicted molar refractivity (Wildman–Crippen MR) is 137 cm³/mol. The topological polar surface area (TPSA) is 121 Å². The number of non-ortho nitro benzene ring substituents is 1. The zero-order chi connectivity index (χ0) is 25.5. The zero-order valence-electron chi connectivity index (χ0n) is 18.8. The number of benzene rings is 3. The number of nitrogens with zero attached hydrogens (tertiary/aromatic N) is 2. The summed E-state index contributed by atoms with van der Waals surface area (Å²) >= 11 is 3.47. The average molecular weight is 550 g/mol. The van der Waals surface area contributed by atoms with E-state index in [0.717, 1.165) is 9.86 Å². The maximum atomic E-state index is 12.4. The molecule has 4 rings (SSSR count). The van der Waals surface area contributed by atoms with Crippen LogP contribution in [-0.2, 0) is 20.9 Å². The van der Waals surface area contributed by atoms with Crippen molar-refractivity contribution < 1.29 is 24.0 Å². The molecule has 1 N–H and O–H groups in total. The van der Waals surface area contributed by atoms with Crippen molar-refractivity contribution in [1.82, 2.24) is 4.98 Å². The molecule has 182 valence electrons. The van der Waals surface area contributed by atoms with Gasteiger partial charge in [-0.2, -0.15) is 0 Å². The lowest BCUT2D eigenvalue weighted by molar-refractivity contribution is -0.384. The van der Waals surface area contributed by atoms with Crippen LogP contribution in [0.4, 0.5) is 11.4 Å². The van der Waals surface area contributed by atoms with E-state index in [0.29, 0.717) is 28.3 Å². The lowest BCUT2D eigenvalue weighted by Crippen LogP contribution is -2.15. The third-order valence-electron chi connectivity index (χ3n) is 5.13. The van der Waals surface area contributed by atoms with Gasteiger partial charge in [0.15, 0.2) is 0 Å². The Bertz CT molecular complexity index is 1430. The van der Waals surface area contributed by atoms with E-state index in [1.807, 2.05) is 18.2 Å². The number of hydrogen-bond donors (Lipinski definition) is 1. The number of carbonyl (C=O) groups excluding carboxylic acids is 2. The summed E-state index contributed by atoms with van der Waals surface area (Å²) in [5.74, 6) is 0.104. The lowest BCUT2D eigenvalue weighted by Gasteiger charge is -2.10. The van der Waals surface area contributed by atoms with Crippen LogP contribution >= 0.6 is 15.9 Å². The van der Waals surface area contributed by atoms with Crippen molar-refractivity contribution in [2.45, 2.75) is 19.4 Å². The Balaban J connectivity index is 1.26. The first-order valence-corrected chi connectivity index (χ1v) is 11.7. The number of nitro benzene ring substituents is 1. The molecule has 9 nitrogen and oxygen atoms in total. The minimum Gasteiger partial charge on any atom is -0.461 e. The molecule has 36 heavy (non-hydrogen) atoms. The number of carbonyl (C=O) groups is 2. The summed E-state index contributed by atoms with van der Waals surface area (Å²) in [5.41, 5.74) is 1.88. The standard InChI is InChI=1S/C26H20BrN3O6/c27-22-10-11-23(26-21(22)5-2-14-28-26)29-24(31)12-13-25(32)35-16-17-3-1-4-20(15-17)36-19-8-6-18(7-9-19)30(33)34/h1-11,14-15H,12-13,16H2,(H,29,31). The van der Waals surface area contributed by atoms with E-state index in [9.17, 15) is 19.7 Å². The normalized spacial score (nSPS) is 10.6. The maximum Gasteiger partial charge on any atom is 0.306 e. The Morgan fingerprint density at radius 1 is 0.972 bits per heavy atom. The van der Waals surface area contributed by atoms with Gasteiger partial charge in [-0.1, -0.05) is 34.1 Å². The Morgan fingerprint density at radius 3 is 2.56 bits per heavy atom. The molecule has 0 atom stereocenters. The second kappa shape index (κ2) is 11.4. The summed E-state index contributed by atoms with van der Waals surface area (Å²) in [5, 5.41) is 14.4. The van der Waals surface area contributed by atoms with Crippen LogP contribution in [0.1, 0.15) is 18.4 Å². The van der Waals surface area contributed by atoms with Crippen LogP contribution in [0.25, 0.3) is 10.9 Å². The van der Waals surface area contributed by atoms with E-state index < -0.39 is 10.9 Å². The van der Waals surface area contributed by atoms with Gasteiger partial charge in [-0.3, -0.25) is 24.7 Å². The first-order chi connectivity index (χ1) is 17.4. The highest BCUT2D eigenvalue weighted by Crippen LogP contribution is 2.28. The third kappa shape index (κ3) is 6.42. The van der Waals surface area contributed by atoms with Crippen LogP contribution in [0.2, 0.25) is 0 Å². The minimum absolute atomic E-state index is 0.0131. The van der Waals surface area contributed by atoms with Crippen LogP contribution in [-0.4, -0.2) is 21.8 Å². The van der Waals surface area contributed by atoms with Gasteiger partial charge in [0.1, 0.15) is 18.1 Å². The summed E-state index contributed by atoms with van der Waals surface area (Å²) in [4.78, 5) is 39.2. The number of hydrogen-bond acceptors (Lipinski definition) is 7. The summed E-state index contributed by atoms with van der Waals surface area (Å²) < 4.78 is 11.9. The molecule has 0 bridgehead atoms. The van der Waals surface area contributed by atoms with Crippen molar-refractivity contribution in [3.05, 3.63) is 99.1 Å². The highest BCUT2D eigenvalue weighted by Gasteiger charge is 2.12. The van der Waals surface area contributed by atoms with Gasteiger partial charge in [0.2, 0.25) is 5.91 Å². The fourth-order valence-electron chi connectivity index (χ4n) is 3.37. The van der Waals surface area contributed by atoms with Gasteiger partial charge in [0, 0.05) is 34.6 Å². The molecule has 4 aromatic rings. The summed E-state index contributed by atoms with van der Waals surface area (Å²) in [7, 11) is 0. The SMILES string of the molecule is O=C(CCC(=O)OCc1cccc(Oc2ccc([N+](=O)[O-])cc2)c1)Nc1ccc(Br)c2cccnc12. The van der Waals surface area contributed by atoms with Gasteiger partial charge < -0.3 is 14.8 Å². The number of nitro groups is 1. The van der Waals surface area contributed by atoms with E-state index in [4.69, 9.17) is 9.47 Å². The number of rotatable bonds is 9. The molecule has 0 radical (unpaired) electrons. The number of esters is 1. The van der Waals surface area contributed by atoms with Gasteiger partial charge in [-0.25, -0.2) is 0 Å². The van der Waals surface area contributed by atoms with Crippen LogP contribution in [0, 0.1) is 10.1 Å². The monoisotopic (exact) mass is 549 g/mol. The highest BCUT2D eigenvalue weighted by molar-refractivity contribution is 9.10. The van der Waals surface area contributed by atoms with Gasteiger partial charge in [-0.15, -0.1) is 0 Å². The number of anilines is 1. The number of ether oxygens (including phenoxy) is 2. The first-order valence-electron chi connectivity index (χ1n) is 10.9. The smallest absolute Gasteiger partial charge is 0.306 e. The van der Waals surface area contributed by atoms with Crippen molar-refractivity contribution in [2.75, 3.05) is 5.32 Å². The molecule has 0 saturated heterocycles. The second-order valence-electron chi connectivity index (χ2n) is 7.70. The number of fused-ring (bicyclic) bond motifs is 1. The van der Waals surface area contributed by atoms with E-state index in [-0.39, 0.29) is 31.0 Å². The van der Waals surface area contributed by atoms with Crippen molar-refractivity contribution in [3.8, 4) is 11.5 Å². The maximum absolute atomic E-state index is 12.4. The Hall–Kier alpha value is -4.31. The van der Waals surface area contributed by atoms with Crippen molar-refractivity contribution in [3.63, 3.8) is 0 Å². The van der Waals surface area contributed by atoms with E-state index in [1.54, 1.807) is 36.5 Å². The molecular formula is C26H20BrN3O6. The highest BCUT2D eigenvalue weighted by atomic mass is 79.9. The van der Waals surface area contributed by atoms with Crippen LogP contribution in [0.3, 0.4) is 0 Å². The molecule has 1 aromatic heterocycles. The van der Waals surface area contributed by atoms with Gasteiger partial charge in [0.05, 0.1) is 22.5 Å². The molecule has 0 fully saturated rings. The summed E-state index contributed by atoms with van der Waals surface area (Å²) in [6, 6.07) is 19.9. The molecule has 3 aromatic carbocycles. The summed E-state index contributed by atoms with van der Waals surface area (Å²) in [6.45, 7) is 0.0131. The predicted octanol–water partition coefficient (Wildman–Crippen LogP) is 6.16. The molecule has 0 unspecified atom stereocenters. The molecule has 1 amide bonds. The van der Waals surface area contributed by atoms with Crippen LogP contribution < -0.4 is 10.1 Å². The van der Waals surface area contributed by atoms with E-state index in [2.05, 4.69) is 26.2 Å². The molecule has 10 heteroatoms. The second-order valence-corrected chi connectivity index (χ2v) is 8.56. The summed E-state index contributed by atoms with van der Waals surface area (Å²) in [6.07, 6.45) is 1.53. The fraction of sp³-hybridized carbons (Fsp3) is 0.115. The molecule has 0 aliphatic heterocycles. The number of amides is 1. The van der Waals surface area contributed by atoms with Gasteiger partial charge in [0.25, 0.3) is 5.69 Å². The minimum atomic E-state index is -0.509. The first kappa shape index (κ1) is 24.8. The molecule has 0 aliphatic rings. The molecule has 0 aliphatic carbocycles. The van der Waals surface area contributed by atoms with Crippen molar-refractivity contribution in [1.29, 1.82) is 0 Å². The number of nitrogens with one attached hydrogen (secondary N) is 1. The van der Waals surface area contributed by atoms with Crippen LogP contribution in [0.5, 0.6) is 11.5 Å². The van der Waals surface area contributed by atoms with Crippen LogP contribution in [0.15, 0.2) is 83.5 Å². The van der Waals surface area contributed by atoms with E-state index >= 15 is 0 Å². The zero-order valence-corrected chi connectivity index (χ0v) is 20.4. The Labute approximate surface area is 214 Å². The van der Waals surface area contributed by atoms with Gasteiger partial charge in [-0.05, 0) is 48.0 Å². The molecular weight excluding hydrogens is 530 g/mol. The third-order valence-corrected chi connectivity index (χ3v) is 5.82. The number of pyridine rings is 1. The largest absolute Gasteiger partial charge is 0.461 e. The Morgan fingerprint density at radius 2 is 1.78 bits per heavy atom. The number of aromatic nitrogens is 1. The van der Waals surface area contributed by atoms with Gasteiger partial charge >= 0.3 is 5.97 Å². The van der Waals surface area contributed by atoms with E-state index in [1.165, 1.54) is 24.3 Å². The molecule has 0 saturated carbocycles. The van der Waals surface area contributed by atoms with Crippen molar-refractivity contribution >= 4 is 50.1 Å². The number of halogens is 1. The fourth-order valence-corrected chi connectivity index (χ4v) is 3.83. The quantitative estimate of drug-likeness (QED) is 0.151. The lowest BCUT2D eigenvalue weighted by atomic mass is 10.2. The average Bonchev–Trinajstić information content (AvgIpc) is 2.88. The molecule has 1 heterocycles. The molecule has 0 spiro atoms. The van der Waals surface area contributed by atoms with Crippen molar-refractivity contribution in [2.24, 2.45) is 0 Å². The Kier molecular flexibility index (Phi) is 7.86.